The first-order chi connectivity index (χ1) is 8.26. The first-order valence-corrected chi connectivity index (χ1v) is 5.79. The Labute approximate surface area is 101 Å². The molecule has 1 aromatic carbocycles. The van der Waals surface area contributed by atoms with Crippen molar-refractivity contribution in [3.05, 3.63) is 30.1 Å². The van der Waals surface area contributed by atoms with Crippen LogP contribution in [-0.4, -0.2) is 21.9 Å². The van der Waals surface area contributed by atoms with E-state index in [2.05, 4.69) is 21.7 Å². The average molecular weight is 231 g/mol. The molecule has 0 radical (unpaired) electrons. The van der Waals surface area contributed by atoms with Gasteiger partial charge < -0.3 is 9.30 Å². The molecule has 0 saturated heterocycles. The lowest BCUT2D eigenvalue weighted by Gasteiger charge is -2.08. The van der Waals surface area contributed by atoms with Gasteiger partial charge in [-0.2, -0.15) is 0 Å². The molecule has 0 fully saturated rings. The summed E-state index contributed by atoms with van der Waals surface area (Å²) in [6, 6.07) is 6.10. The van der Waals surface area contributed by atoms with E-state index in [4.69, 9.17) is 4.74 Å². The second kappa shape index (κ2) is 4.99. The second-order valence-electron chi connectivity index (χ2n) is 4.03. The van der Waals surface area contributed by atoms with Crippen molar-refractivity contribution in [3.8, 4) is 17.1 Å². The van der Waals surface area contributed by atoms with Gasteiger partial charge in [0.05, 0.1) is 7.11 Å². The number of aryl methyl sites for hydroxylation is 2. The Morgan fingerprint density at radius 2 is 2.18 bits per heavy atom. The summed E-state index contributed by atoms with van der Waals surface area (Å²) in [6.45, 7) is 5.09. The van der Waals surface area contributed by atoms with Crippen molar-refractivity contribution in [1.82, 2.24) is 14.8 Å². The Balaban J connectivity index is 2.42. The van der Waals surface area contributed by atoms with Gasteiger partial charge in [-0.3, -0.25) is 0 Å². The van der Waals surface area contributed by atoms with Crippen LogP contribution in [0.25, 0.3) is 11.4 Å². The zero-order chi connectivity index (χ0) is 12.3. The fourth-order valence-electron chi connectivity index (χ4n) is 1.84. The largest absolute Gasteiger partial charge is 0.496 e. The summed E-state index contributed by atoms with van der Waals surface area (Å²) < 4.78 is 7.39. The van der Waals surface area contributed by atoms with Gasteiger partial charge in [-0.05, 0) is 25.0 Å². The summed E-state index contributed by atoms with van der Waals surface area (Å²) in [5.41, 5.74) is 2.16. The van der Waals surface area contributed by atoms with E-state index in [1.807, 2.05) is 25.1 Å². The molecule has 1 heterocycles. The minimum atomic E-state index is 0.883. The van der Waals surface area contributed by atoms with Gasteiger partial charge in [-0.25, -0.2) is 0 Å². The van der Waals surface area contributed by atoms with E-state index < -0.39 is 0 Å². The minimum Gasteiger partial charge on any atom is -0.496 e. The Morgan fingerprint density at radius 3 is 2.88 bits per heavy atom. The molecule has 0 aliphatic carbocycles. The highest BCUT2D eigenvalue weighted by Gasteiger charge is 2.08. The molecule has 0 aliphatic rings. The van der Waals surface area contributed by atoms with E-state index >= 15 is 0 Å². The molecule has 90 valence electrons. The van der Waals surface area contributed by atoms with Crippen LogP contribution in [-0.2, 0) is 6.54 Å². The summed E-state index contributed by atoms with van der Waals surface area (Å²) in [7, 11) is 1.68. The first kappa shape index (κ1) is 11.6. The molecule has 0 aliphatic heterocycles. The molecule has 0 amide bonds. The van der Waals surface area contributed by atoms with Crippen LogP contribution < -0.4 is 4.74 Å². The highest BCUT2D eigenvalue weighted by molar-refractivity contribution is 5.59. The lowest BCUT2D eigenvalue weighted by molar-refractivity contribution is 0.412. The molecule has 4 heteroatoms. The number of aromatic nitrogens is 3. The van der Waals surface area contributed by atoms with Crippen molar-refractivity contribution >= 4 is 0 Å². The average Bonchev–Trinajstić information content (AvgIpc) is 2.78. The van der Waals surface area contributed by atoms with Crippen molar-refractivity contribution in [2.45, 2.75) is 26.8 Å². The number of benzene rings is 1. The summed E-state index contributed by atoms with van der Waals surface area (Å²) in [5.74, 6) is 1.78. The third kappa shape index (κ3) is 2.30. The van der Waals surface area contributed by atoms with Crippen LogP contribution in [0, 0.1) is 6.92 Å². The molecule has 0 spiro atoms. The zero-order valence-corrected chi connectivity index (χ0v) is 10.5. The quantitative estimate of drug-likeness (QED) is 0.812. The Kier molecular flexibility index (Phi) is 3.42. The normalized spacial score (nSPS) is 10.5. The monoisotopic (exact) mass is 231 g/mol. The van der Waals surface area contributed by atoms with Crippen LogP contribution in [0.2, 0.25) is 0 Å². The molecule has 0 bridgehead atoms. The van der Waals surface area contributed by atoms with Crippen molar-refractivity contribution in [2.75, 3.05) is 7.11 Å². The predicted molar refractivity (Wildman–Crippen MR) is 67.0 cm³/mol. The van der Waals surface area contributed by atoms with E-state index in [9.17, 15) is 0 Å². The van der Waals surface area contributed by atoms with E-state index in [1.54, 1.807) is 13.4 Å². The molecule has 17 heavy (non-hydrogen) atoms. The van der Waals surface area contributed by atoms with Gasteiger partial charge in [0.2, 0.25) is 0 Å². The van der Waals surface area contributed by atoms with Gasteiger partial charge in [-0.15, -0.1) is 10.2 Å². The summed E-state index contributed by atoms with van der Waals surface area (Å²) in [6.07, 6.45) is 2.83. The number of hydrogen-bond acceptors (Lipinski definition) is 3. The van der Waals surface area contributed by atoms with Gasteiger partial charge in [0, 0.05) is 12.1 Å². The van der Waals surface area contributed by atoms with E-state index in [0.29, 0.717) is 0 Å². The fraction of sp³-hybridized carbons (Fsp3) is 0.385. The van der Waals surface area contributed by atoms with Gasteiger partial charge in [0.25, 0.3) is 0 Å². The SMILES string of the molecule is CCCn1cnnc1-c1ccc(C)c(OC)c1. The fourth-order valence-corrected chi connectivity index (χ4v) is 1.84. The van der Waals surface area contributed by atoms with Crippen molar-refractivity contribution in [3.63, 3.8) is 0 Å². The topological polar surface area (TPSA) is 39.9 Å². The lowest BCUT2D eigenvalue weighted by atomic mass is 10.1. The van der Waals surface area contributed by atoms with Crippen LogP contribution in [0.5, 0.6) is 5.75 Å². The van der Waals surface area contributed by atoms with Crippen LogP contribution in [0.3, 0.4) is 0 Å². The molecule has 0 unspecified atom stereocenters. The highest BCUT2D eigenvalue weighted by atomic mass is 16.5. The first-order valence-electron chi connectivity index (χ1n) is 5.79. The third-order valence-electron chi connectivity index (χ3n) is 2.75. The van der Waals surface area contributed by atoms with Crippen LogP contribution >= 0.6 is 0 Å². The highest BCUT2D eigenvalue weighted by Crippen LogP contribution is 2.25. The van der Waals surface area contributed by atoms with E-state index in [0.717, 1.165) is 35.7 Å². The number of methoxy groups -OCH3 is 1. The molecular formula is C13H17N3O. The summed E-state index contributed by atoms with van der Waals surface area (Å²) in [4.78, 5) is 0. The Hall–Kier alpha value is -1.84. The standard InChI is InChI=1S/C13H17N3O/c1-4-7-16-9-14-15-13(16)11-6-5-10(2)12(8-11)17-3/h5-6,8-9H,4,7H2,1-3H3. The van der Waals surface area contributed by atoms with Crippen LogP contribution in [0.15, 0.2) is 24.5 Å². The van der Waals surface area contributed by atoms with Gasteiger partial charge in [0.1, 0.15) is 12.1 Å². The van der Waals surface area contributed by atoms with Crippen LogP contribution in [0.1, 0.15) is 18.9 Å². The van der Waals surface area contributed by atoms with Gasteiger partial charge in [0.15, 0.2) is 5.82 Å². The summed E-state index contributed by atoms with van der Waals surface area (Å²) >= 11 is 0. The minimum absolute atomic E-state index is 0.883. The Morgan fingerprint density at radius 1 is 1.35 bits per heavy atom. The zero-order valence-electron chi connectivity index (χ0n) is 10.5. The molecule has 2 rings (SSSR count). The molecule has 2 aromatic rings. The Bertz CT molecular complexity index is 505. The number of ether oxygens (including phenoxy) is 1. The molecule has 0 saturated carbocycles. The van der Waals surface area contributed by atoms with Crippen molar-refractivity contribution in [2.24, 2.45) is 0 Å². The maximum atomic E-state index is 5.33. The smallest absolute Gasteiger partial charge is 0.163 e. The summed E-state index contributed by atoms with van der Waals surface area (Å²) in [5, 5.41) is 8.13. The molecule has 1 aromatic heterocycles. The van der Waals surface area contributed by atoms with Gasteiger partial charge >= 0.3 is 0 Å². The number of hydrogen-bond donors (Lipinski definition) is 0. The predicted octanol–water partition coefficient (Wildman–Crippen LogP) is 2.67. The molecule has 0 atom stereocenters. The number of nitrogens with zero attached hydrogens (tertiary/aromatic N) is 3. The van der Waals surface area contributed by atoms with E-state index in [-0.39, 0.29) is 0 Å². The number of rotatable bonds is 4. The maximum Gasteiger partial charge on any atom is 0.163 e. The second-order valence-corrected chi connectivity index (χ2v) is 4.03. The third-order valence-corrected chi connectivity index (χ3v) is 2.75. The van der Waals surface area contributed by atoms with Gasteiger partial charge in [-0.1, -0.05) is 19.1 Å². The van der Waals surface area contributed by atoms with Crippen molar-refractivity contribution in [1.29, 1.82) is 0 Å². The van der Waals surface area contributed by atoms with Crippen LogP contribution in [0.4, 0.5) is 0 Å². The van der Waals surface area contributed by atoms with E-state index in [1.165, 1.54) is 0 Å². The lowest BCUT2D eigenvalue weighted by Crippen LogP contribution is -1.98. The molecule has 4 nitrogen and oxygen atoms in total. The van der Waals surface area contributed by atoms with Crippen molar-refractivity contribution < 1.29 is 4.74 Å². The maximum absolute atomic E-state index is 5.33. The molecule has 0 N–H and O–H groups in total. The molecular weight excluding hydrogens is 214 g/mol.